The lowest BCUT2D eigenvalue weighted by atomic mass is 10.1. The molecular formula is C14H21F3N2O. The number of hydrogen-bond donors (Lipinski definition) is 1. The van der Waals surface area contributed by atoms with Gasteiger partial charge in [-0.1, -0.05) is 24.3 Å². The second-order valence-electron chi connectivity index (χ2n) is 4.78. The molecule has 0 saturated carbocycles. The topological polar surface area (TPSA) is 38.5 Å². The third-order valence-electron chi connectivity index (χ3n) is 2.77. The molecule has 0 saturated heterocycles. The summed E-state index contributed by atoms with van der Waals surface area (Å²) in [5.41, 5.74) is 7.79. The molecule has 1 aromatic rings. The average Bonchev–Trinajstić information content (AvgIpc) is 2.37. The van der Waals surface area contributed by atoms with Gasteiger partial charge in [0.1, 0.15) is 6.61 Å². The lowest BCUT2D eigenvalue weighted by Gasteiger charge is -2.17. The number of alkyl halides is 3. The van der Waals surface area contributed by atoms with Gasteiger partial charge in [0.2, 0.25) is 0 Å². The Morgan fingerprint density at radius 1 is 1.25 bits per heavy atom. The summed E-state index contributed by atoms with van der Waals surface area (Å²) in [4.78, 5) is 2.05. The molecule has 1 aromatic carbocycles. The summed E-state index contributed by atoms with van der Waals surface area (Å²) >= 11 is 0. The Bertz CT molecular complexity index is 396. The van der Waals surface area contributed by atoms with E-state index < -0.39 is 12.8 Å². The van der Waals surface area contributed by atoms with Gasteiger partial charge >= 0.3 is 6.18 Å². The Kier molecular flexibility index (Phi) is 6.98. The largest absolute Gasteiger partial charge is 0.411 e. The molecular weight excluding hydrogens is 269 g/mol. The molecule has 0 radical (unpaired) electrons. The maximum Gasteiger partial charge on any atom is 0.411 e. The lowest BCUT2D eigenvalue weighted by molar-refractivity contribution is -0.174. The molecule has 0 heterocycles. The first-order valence-corrected chi connectivity index (χ1v) is 6.51. The lowest BCUT2D eigenvalue weighted by Crippen LogP contribution is -2.22. The second-order valence-corrected chi connectivity index (χ2v) is 4.78. The smallest absolute Gasteiger partial charge is 0.372 e. The number of hydrogen-bond acceptors (Lipinski definition) is 3. The molecule has 0 bridgehead atoms. The van der Waals surface area contributed by atoms with Gasteiger partial charge in [-0.3, -0.25) is 0 Å². The summed E-state index contributed by atoms with van der Waals surface area (Å²) in [6, 6.07) is 7.97. The molecule has 114 valence electrons. The zero-order valence-electron chi connectivity index (χ0n) is 11.6. The van der Waals surface area contributed by atoms with Crippen LogP contribution in [0.5, 0.6) is 0 Å². The van der Waals surface area contributed by atoms with Crippen LogP contribution in [0.3, 0.4) is 0 Å². The van der Waals surface area contributed by atoms with E-state index in [2.05, 4.69) is 4.74 Å². The van der Waals surface area contributed by atoms with Crippen LogP contribution < -0.4 is 5.73 Å². The first kappa shape index (κ1) is 16.9. The van der Waals surface area contributed by atoms with E-state index in [1.165, 1.54) is 0 Å². The molecule has 0 fully saturated rings. The highest BCUT2D eigenvalue weighted by atomic mass is 19.4. The summed E-state index contributed by atoms with van der Waals surface area (Å²) < 4.78 is 40.1. The normalized spacial score (nSPS) is 12.1. The summed E-state index contributed by atoms with van der Waals surface area (Å²) in [5, 5.41) is 0. The van der Waals surface area contributed by atoms with Gasteiger partial charge in [-0.25, -0.2) is 0 Å². The fourth-order valence-corrected chi connectivity index (χ4v) is 1.87. The van der Waals surface area contributed by atoms with E-state index in [1.54, 1.807) is 0 Å². The Hall–Kier alpha value is -1.11. The van der Waals surface area contributed by atoms with Crippen LogP contribution in [0.2, 0.25) is 0 Å². The van der Waals surface area contributed by atoms with Gasteiger partial charge in [-0.05, 0) is 24.6 Å². The average molecular weight is 290 g/mol. The van der Waals surface area contributed by atoms with Crippen molar-refractivity contribution in [2.45, 2.75) is 25.7 Å². The van der Waals surface area contributed by atoms with E-state index in [0.717, 1.165) is 17.7 Å². The number of nitrogens with two attached hydrogens (primary N) is 1. The molecule has 0 aromatic heterocycles. The van der Waals surface area contributed by atoms with Crippen LogP contribution in [-0.4, -0.2) is 37.9 Å². The quantitative estimate of drug-likeness (QED) is 0.748. The van der Waals surface area contributed by atoms with Crippen LogP contribution in [0, 0.1) is 0 Å². The van der Waals surface area contributed by atoms with Crippen molar-refractivity contribution in [1.29, 1.82) is 0 Å². The van der Waals surface area contributed by atoms with Gasteiger partial charge in [0.25, 0.3) is 0 Å². The minimum absolute atomic E-state index is 0.118. The van der Waals surface area contributed by atoms with Crippen molar-refractivity contribution in [3.05, 3.63) is 35.4 Å². The highest BCUT2D eigenvalue weighted by molar-refractivity contribution is 5.23. The molecule has 6 heteroatoms. The highest BCUT2D eigenvalue weighted by Gasteiger charge is 2.27. The van der Waals surface area contributed by atoms with Crippen molar-refractivity contribution in [2.24, 2.45) is 5.73 Å². The van der Waals surface area contributed by atoms with Crippen molar-refractivity contribution in [1.82, 2.24) is 4.90 Å². The van der Waals surface area contributed by atoms with Crippen molar-refractivity contribution in [2.75, 3.05) is 26.8 Å². The second kappa shape index (κ2) is 8.24. The molecule has 0 amide bonds. The zero-order valence-corrected chi connectivity index (χ0v) is 11.6. The fraction of sp³-hybridized carbons (Fsp3) is 0.571. The molecule has 0 unspecified atom stereocenters. The molecule has 0 aliphatic heterocycles. The molecule has 2 N–H and O–H groups in total. The Morgan fingerprint density at radius 3 is 2.60 bits per heavy atom. The van der Waals surface area contributed by atoms with E-state index in [1.807, 2.05) is 36.2 Å². The number of ether oxygens (including phenoxy) is 1. The predicted octanol–water partition coefficient (Wildman–Crippen LogP) is 2.55. The molecule has 0 aliphatic carbocycles. The van der Waals surface area contributed by atoms with Gasteiger partial charge in [0.05, 0.1) is 0 Å². The number of halogens is 3. The van der Waals surface area contributed by atoms with E-state index in [-0.39, 0.29) is 6.61 Å². The third-order valence-corrected chi connectivity index (χ3v) is 2.77. The predicted molar refractivity (Wildman–Crippen MR) is 72.2 cm³/mol. The molecule has 0 atom stereocenters. The SMILES string of the molecule is CN(CCCOCC(F)(F)F)Cc1cccc(CN)c1. The maximum absolute atomic E-state index is 11.9. The van der Waals surface area contributed by atoms with Gasteiger partial charge in [0, 0.05) is 26.2 Å². The first-order chi connectivity index (χ1) is 9.40. The van der Waals surface area contributed by atoms with Crippen LogP contribution in [0.25, 0.3) is 0 Å². The first-order valence-electron chi connectivity index (χ1n) is 6.51. The van der Waals surface area contributed by atoms with Crippen LogP contribution >= 0.6 is 0 Å². The van der Waals surface area contributed by atoms with Crippen LogP contribution in [-0.2, 0) is 17.8 Å². The summed E-state index contributed by atoms with van der Waals surface area (Å²) in [6.07, 6.45) is -3.67. The van der Waals surface area contributed by atoms with Gasteiger partial charge in [-0.15, -0.1) is 0 Å². The molecule has 1 rings (SSSR count). The maximum atomic E-state index is 11.9. The molecule has 0 aliphatic rings. The zero-order chi connectivity index (χ0) is 15.0. The number of rotatable bonds is 8. The van der Waals surface area contributed by atoms with E-state index in [9.17, 15) is 13.2 Å². The number of nitrogens with zero attached hydrogens (tertiary/aromatic N) is 1. The highest BCUT2D eigenvalue weighted by Crippen LogP contribution is 2.14. The fourth-order valence-electron chi connectivity index (χ4n) is 1.87. The molecule has 20 heavy (non-hydrogen) atoms. The summed E-state index contributed by atoms with van der Waals surface area (Å²) in [5.74, 6) is 0. The summed E-state index contributed by atoms with van der Waals surface area (Å²) in [7, 11) is 1.93. The van der Waals surface area contributed by atoms with E-state index in [4.69, 9.17) is 5.73 Å². The molecule has 3 nitrogen and oxygen atoms in total. The third kappa shape index (κ3) is 7.47. The van der Waals surface area contributed by atoms with Gasteiger partial charge in [-0.2, -0.15) is 13.2 Å². The van der Waals surface area contributed by atoms with Crippen molar-refractivity contribution in [3.63, 3.8) is 0 Å². The monoisotopic (exact) mass is 290 g/mol. The van der Waals surface area contributed by atoms with E-state index in [0.29, 0.717) is 19.5 Å². The Morgan fingerprint density at radius 2 is 1.95 bits per heavy atom. The van der Waals surface area contributed by atoms with Crippen molar-refractivity contribution >= 4 is 0 Å². The van der Waals surface area contributed by atoms with Crippen LogP contribution in [0.4, 0.5) is 13.2 Å². The Labute approximate surface area is 117 Å². The Balaban J connectivity index is 2.21. The number of benzene rings is 1. The minimum Gasteiger partial charge on any atom is -0.372 e. The summed E-state index contributed by atoms with van der Waals surface area (Å²) in [6.45, 7) is 0.878. The van der Waals surface area contributed by atoms with Crippen molar-refractivity contribution in [3.8, 4) is 0 Å². The molecule has 0 spiro atoms. The van der Waals surface area contributed by atoms with E-state index >= 15 is 0 Å². The van der Waals surface area contributed by atoms with Crippen molar-refractivity contribution < 1.29 is 17.9 Å². The van der Waals surface area contributed by atoms with Gasteiger partial charge < -0.3 is 15.4 Å². The minimum atomic E-state index is -4.24. The standard InChI is InChI=1S/C14H21F3N2O/c1-19(6-3-7-20-11-14(15,16)17)10-13-5-2-4-12(8-13)9-18/h2,4-5,8H,3,6-7,9-11,18H2,1H3. The van der Waals surface area contributed by atoms with Crippen LogP contribution in [0.15, 0.2) is 24.3 Å². The van der Waals surface area contributed by atoms with Crippen LogP contribution in [0.1, 0.15) is 17.5 Å². The van der Waals surface area contributed by atoms with Gasteiger partial charge in [0.15, 0.2) is 0 Å².